The maximum atomic E-state index is 14.4. The second kappa shape index (κ2) is 5.78. The van der Waals surface area contributed by atoms with E-state index >= 15 is 0 Å². The fraction of sp³-hybridized carbons (Fsp3) is 0.474. The van der Waals surface area contributed by atoms with Crippen molar-refractivity contribution in [3.63, 3.8) is 0 Å². The van der Waals surface area contributed by atoms with Gasteiger partial charge in [-0.3, -0.25) is 4.21 Å². The number of anilines is 1. The number of nitrogens with two attached hydrogens (primary N) is 1. The zero-order valence-corrected chi connectivity index (χ0v) is 15.6. The first-order chi connectivity index (χ1) is 12.9. The van der Waals surface area contributed by atoms with Crippen molar-refractivity contribution in [3.8, 4) is 11.3 Å². The highest BCUT2D eigenvalue weighted by atomic mass is 32.2. The molecule has 1 aromatic carbocycles. The van der Waals surface area contributed by atoms with Crippen LogP contribution in [-0.2, 0) is 28.7 Å². The summed E-state index contributed by atoms with van der Waals surface area (Å²) < 4.78 is 40.1. The lowest BCUT2D eigenvalue weighted by Crippen LogP contribution is -2.55. The van der Waals surface area contributed by atoms with Gasteiger partial charge in [0.15, 0.2) is 0 Å². The molecule has 0 unspecified atom stereocenters. The summed E-state index contributed by atoms with van der Waals surface area (Å²) in [5.74, 6) is -1.59. The molecule has 3 heterocycles. The summed E-state index contributed by atoms with van der Waals surface area (Å²) in [4.78, 5) is 10.8. The Morgan fingerprint density at radius 3 is 2.41 bits per heavy atom. The van der Waals surface area contributed by atoms with E-state index in [0.717, 1.165) is 30.6 Å². The summed E-state index contributed by atoms with van der Waals surface area (Å²) in [6.07, 6.45) is 1.09. The van der Waals surface area contributed by atoms with Crippen LogP contribution in [0.1, 0.15) is 29.7 Å². The van der Waals surface area contributed by atoms with Gasteiger partial charge in [0.25, 0.3) is 5.92 Å². The highest BCUT2D eigenvalue weighted by Gasteiger charge is 2.44. The maximum Gasteiger partial charge on any atom is 0.290 e. The van der Waals surface area contributed by atoms with Gasteiger partial charge in [-0.25, -0.2) is 9.97 Å². The van der Waals surface area contributed by atoms with Gasteiger partial charge in [-0.2, -0.15) is 8.78 Å². The summed E-state index contributed by atoms with van der Waals surface area (Å²) >= 11 is 0. The summed E-state index contributed by atoms with van der Waals surface area (Å²) in [6, 6.07) is 7.56. The molecule has 0 bridgehead atoms. The van der Waals surface area contributed by atoms with Crippen LogP contribution in [0.2, 0.25) is 0 Å². The van der Waals surface area contributed by atoms with Crippen molar-refractivity contribution in [1.82, 2.24) is 9.97 Å². The molecule has 5 rings (SSSR count). The molecule has 142 valence electrons. The van der Waals surface area contributed by atoms with Crippen LogP contribution < -0.4 is 10.6 Å². The van der Waals surface area contributed by atoms with Crippen molar-refractivity contribution >= 4 is 16.7 Å². The topological polar surface area (TPSA) is 72.1 Å². The Morgan fingerprint density at radius 2 is 1.81 bits per heavy atom. The monoisotopic (exact) mass is 390 g/mol. The van der Waals surface area contributed by atoms with Crippen LogP contribution in [0.25, 0.3) is 11.3 Å². The molecule has 1 aromatic heterocycles. The highest BCUT2D eigenvalue weighted by Crippen LogP contribution is 2.44. The van der Waals surface area contributed by atoms with Crippen LogP contribution in [0, 0.1) is 0 Å². The minimum absolute atomic E-state index is 0.122. The Labute approximate surface area is 158 Å². The molecule has 2 saturated heterocycles. The minimum atomic E-state index is -2.90. The summed E-state index contributed by atoms with van der Waals surface area (Å²) in [5, 5.41) is 0. The first-order valence-corrected chi connectivity index (χ1v) is 10.6. The van der Waals surface area contributed by atoms with Crippen LogP contribution >= 0.6 is 0 Å². The Morgan fingerprint density at radius 1 is 1.11 bits per heavy atom. The van der Waals surface area contributed by atoms with Gasteiger partial charge in [0, 0.05) is 52.9 Å². The minimum Gasteiger partial charge on any atom is -0.341 e. The number of aromatic nitrogens is 2. The van der Waals surface area contributed by atoms with Gasteiger partial charge in [0.05, 0.1) is 11.2 Å². The fourth-order valence-corrected chi connectivity index (χ4v) is 5.37. The quantitative estimate of drug-likeness (QED) is 0.871. The molecule has 0 spiro atoms. The van der Waals surface area contributed by atoms with E-state index in [4.69, 9.17) is 5.73 Å². The predicted molar refractivity (Wildman–Crippen MR) is 100 cm³/mol. The van der Waals surface area contributed by atoms with Crippen LogP contribution in [-0.4, -0.2) is 38.8 Å². The van der Waals surface area contributed by atoms with Crippen LogP contribution in [0.3, 0.4) is 0 Å². The first-order valence-electron chi connectivity index (χ1n) is 9.15. The van der Waals surface area contributed by atoms with Crippen molar-refractivity contribution in [2.75, 3.05) is 29.5 Å². The average molecular weight is 390 g/mol. The SMILES string of the molecule is NC1(c2ccc(-c3nc(N4CCC4)nc4c3CCC4(F)F)cc2)CS(=O)C1. The molecule has 0 amide bonds. The second-order valence-corrected chi connectivity index (χ2v) is 9.16. The molecule has 2 aromatic rings. The highest BCUT2D eigenvalue weighted by molar-refractivity contribution is 7.86. The van der Waals surface area contributed by atoms with E-state index in [1.54, 1.807) is 0 Å². The van der Waals surface area contributed by atoms with E-state index in [-0.39, 0.29) is 18.5 Å². The van der Waals surface area contributed by atoms with Crippen molar-refractivity contribution in [2.45, 2.75) is 30.7 Å². The molecule has 3 aliphatic rings. The molecule has 2 N–H and O–H groups in total. The smallest absolute Gasteiger partial charge is 0.290 e. The number of benzene rings is 1. The van der Waals surface area contributed by atoms with Gasteiger partial charge in [-0.15, -0.1) is 0 Å². The third kappa shape index (κ3) is 2.69. The Kier molecular flexibility index (Phi) is 3.68. The van der Waals surface area contributed by atoms with E-state index in [9.17, 15) is 13.0 Å². The lowest BCUT2D eigenvalue weighted by atomic mass is 9.92. The van der Waals surface area contributed by atoms with Crippen molar-refractivity contribution < 1.29 is 13.0 Å². The van der Waals surface area contributed by atoms with Gasteiger partial charge in [0.1, 0.15) is 5.69 Å². The molecular weight excluding hydrogens is 370 g/mol. The normalized spacial score (nSPS) is 28.4. The van der Waals surface area contributed by atoms with E-state index in [1.807, 2.05) is 29.2 Å². The Balaban J connectivity index is 1.56. The molecule has 2 fully saturated rings. The average Bonchev–Trinajstić information content (AvgIpc) is 2.87. The summed E-state index contributed by atoms with van der Waals surface area (Å²) in [5.41, 5.74) is 8.47. The van der Waals surface area contributed by atoms with E-state index in [2.05, 4.69) is 9.97 Å². The Bertz CT molecular complexity index is 935. The maximum absolute atomic E-state index is 14.4. The van der Waals surface area contributed by atoms with Gasteiger partial charge < -0.3 is 10.6 Å². The number of fused-ring (bicyclic) bond motifs is 1. The van der Waals surface area contributed by atoms with Crippen molar-refractivity contribution in [1.29, 1.82) is 0 Å². The molecule has 0 radical (unpaired) electrons. The third-order valence-corrected chi connectivity index (χ3v) is 7.41. The lowest BCUT2D eigenvalue weighted by Gasteiger charge is -2.37. The van der Waals surface area contributed by atoms with Crippen molar-refractivity contribution in [3.05, 3.63) is 41.1 Å². The summed E-state index contributed by atoms with van der Waals surface area (Å²) in [6.45, 7) is 1.60. The largest absolute Gasteiger partial charge is 0.341 e. The zero-order valence-electron chi connectivity index (χ0n) is 14.8. The van der Waals surface area contributed by atoms with Crippen LogP contribution in [0.15, 0.2) is 24.3 Å². The van der Waals surface area contributed by atoms with Gasteiger partial charge in [-0.05, 0) is 18.4 Å². The van der Waals surface area contributed by atoms with Crippen LogP contribution in [0.4, 0.5) is 14.7 Å². The molecule has 0 saturated carbocycles. The second-order valence-electron chi connectivity index (χ2n) is 7.71. The van der Waals surface area contributed by atoms with E-state index in [1.165, 1.54) is 0 Å². The van der Waals surface area contributed by atoms with E-state index < -0.39 is 22.3 Å². The number of rotatable bonds is 3. The number of halogens is 2. The number of hydrogen-bond donors (Lipinski definition) is 1. The van der Waals surface area contributed by atoms with Crippen molar-refractivity contribution in [2.24, 2.45) is 5.73 Å². The van der Waals surface area contributed by atoms with Gasteiger partial charge in [-0.1, -0.05) is 24.3 Å². The number of nitrogens with zero attached hydrogens (tertiary/aromatic N) is 3. The standard InChI is InChI=1S/C19H20F2N4OS/c20-19(21)7-6-14-15(23-17(24-16(14)19)25-8-1-9-25)12-2-4-13(5-3-12)18(22)10-27(26)11-18/h2-5H,1,6-11,22H2. The molecule has 0 atom stereocenters. The molecule has 8 heteroatoms. The predicted octanol–water partition coefficient (Wildman–Crippen LogP) is 2.31. The Hall–Kier alpha value is -1.93. The molecular formula is C19H20F2N4OS. The van der Waals surface area contributed by atoms with E-state index in [0.29, 0.717) is 28.7 Å². The molecule has 5 nitrogen and oxygen atoms in total. The number of alkyl halides is 2. The lowest BCUT2D eigenvalue weighted by molar-refractivity contribution is -0.00593. The first kappa shape index (κ1) is 17.2. The molecule has 27 heavy (non-hydrogen) atoms. The summed E-state index contributed by atoms with van der Waals surface area (Å²) in [7, 11) is -0.849. The zero-order chi connectivity index (χ0) is 18.8. The van der Waals surface area contributed by atoms with Gasteiger partial charge >= 0.3 is 0 Å². The molecule has 1 aliphatic carbocycles. The molecule has 2 aliphatic heterocycles. The van der Waals surface area contributed by atoms with Crippen LogP contribution in [0.5, 0.6) is 0 Å². The fourth-order valence-electron chi connectivity index (χ4n) is 3.97. The van der Waals surface area contributed by atoms with Gasteiger partial charge in [0.2, 0.25) is 5.95 Å². The third-order valence-electron chi connectivity index (χ3n) is 5.74. The number of hydrogen-bond acceptors (Lipinski definition) is 5.